The first-order valence-electron chi connectivity index (χ1n) is 8.72. The number of morpholine rings is 1. The molecule has 198 valence electrons. The van der Waals surface area contributed by atoms with Crippen molar-refractivity contribution in [3.05, 3.63) is 0 Å². The molecule has 6 unspecified atom stereocenters. The highest BCUT2D eigenvalue weighted by Crippen LogP contribution is 2.41. The standard InChI is InChI=1S/C15H16F15NO2/c1-5(11(18,19)9(16)15(28,29)30)32-6(2)12(20,21)10(17)31-3-7(13(22,23)24)33-8(4-31)14(25,26)27/h5-10H,3-4H2,1-2H3. The number of hydrogen-bond donors (Lipinski definition) is 0. The van der Waals surface area contributed by atoms with Gasteiger partial charge >= 0.3 is 30.4 Å². The molecule has 1 aliphatic heterocycles. The van der Waals surface area contributed by atoms with Crippen molar-refractivity contribution in [3.63, 3.8) is 0 Å². The highest BCUT2D eigenvalue weighted by molar-refractivity contribution is 4.94. The summed E-state index contributed by atoms with van der Waals surface area (Å²) < 4.78 is 204. The van der Waals surface area contributed by atoms with E-state index in [9.17, 15) is 65.9 Å². The quantitative estimate of drug-likeness (QED) is 0.325. The first-order chi connectivity index (χ1) is 14.4. The normalized spacial score (nSPS) is 26.1. The third-order valence-electron chi connectivity index (χ3n) is 4.62. The van der Waals surface area contributed by atoms with Gasteiger partial charge in [-0.3, -0.25) is 4.90 Å². The third-order valence-corrected chi connectivity index (χ3v) is 4.62. The van der Waals surface area contributed by atoms with Crippen LogP contribution in [0.2, 0.25) is 0 Å². The molecule has 0 spiro atoms. The summed E-state index contributed by atoms with van der Waals surface area (Å²) in [5, 5.41) is 0. The monoisotopic (exact) mass is 527 g/mol. The predicted molar refractivity (Wildman–Crippen MR) is 78.1 cm³/mol. The average Bonchev–Trinajstić information content (AvgIpc) is 2.63. The molecule has 0 aromatic carbocycles. The van der Waals surface area contributed by atoms with E-state index in [1.54, 1.807) is 0 Å². The van der Waals surface area contributed by atoms with Gasteiger partial charge in [-0.1, -0.05) is 0 Å². The van der Waals surface area contributed by atoms with Gasteiger partial charge in [-0.05, 0) is 13.8 Å². The van der Waals surface area contributed by atoms with E-state index in [1.165, 1.54) is 0 Å². The molecule has 1 aliphatic rings. The maximum atomic E-state index is 14.4. The number of ether oxygens (including phenoxy) is 2. The van der Waals surface area contributed by atoms with Crippen molar-refractivity contribution in [1.29, 1.82) is 0 Å². The van der Waals surface area contributed by atoms with Gasteiger partial charge in [0.25, 0.3) is 6.17 Å². The summed E-state index contributed by atoms with van der Waals surface area (Å²) in [6.07, 6.45) is -39.2. The number of hydrogen-bond acceptors (Lipinski definition) is 3. The van der Waals surface area contributed by atoms with Crippen LogP contribution in [0, 0.1) is 0 Å². The molecule has 0 saturated carbocycles. The molecule has 6 atom stereocenters. The van der Waals surface area contributed by atoms with Crippen LogP contribution in [0.5, 0.6) is 0 Å². The molecule has 0 N–H and O–H groups in total. The van der Waals surface area contributed by atoms with E-state index in [2.05, 4.69) is 9.47 Å². The molecule has 1 fully saturated rings. The smallest absolute Gasteiger partial charge is 0.363 e. The van der Waals surface area contributed by atoms with Gasteiger partial charge in [0.05, 0.1) is 0 Å². The maximum Gasteiger partial charge on any atom is 0.425 e. The Morgan fingerprint density at radius 2 is 1.06 bits per heavy atom. The van der Waals surface area contributed by atoms with E-state index in [0.717, 1.165) is 0 Å². The van der Waals surface area contributed by atoms with Gasteiger partial charge in [0.15, 0.2) is 12.2 Å². The van der Waals surface area contributed by atoms with Gasteiger partial charge in [0.2, 0.25) is 6.30 Å². The van der Waals surface area contributed by atoms with Crippen molar-refractivity contribution in [1.82, 2.24) is 4.90 Å². The van der Waals surface area contributed by atoms with E-state index in [-0.39, 0.29) is 13.8 Å². The van der Waals surface area contributed by atoms with Crippen molar-refractivity contribution in [3.8, 4) is 0 Å². The van der Waals surface area contributed by atoms with E-state index in [4.69, 9.17) is 0 Å². The third kappa shape index (κ3) is 6.93. The second kappa shape index (κ2) is 9.47. The predicted octanol–water partition coefficient (Wildman–Crippen LogP) is 5.44. The molecule has 0 amide bonds. The zero-order valence-corrected chi connectivity index (χ0v) is 16.3. The fraction of sp³-hybridized carbons (Fsp3) is 1.00. The summed E-state index contributed by atoms with van der Waals surface area (Å²) in [6.45, 7) is -3.56. The first-order valence-corrected chi connectivity index (χ1v) is 8.72. The van der Waals surface area contributed by atoms with Crippen LogP contribution in [0.3, 0.4) is 0 Å². The summed E-state index contributed by atoms with van der Waals surface area (Å²) in [5.41, 5.74) is 0. The van der Waals surface area contributed by atoms with E-state index >= 15 is 0 Å². The van der Waals surface area contributed by atoms with Crippen molar-refractivity contribution >= 4 is 0 Å². The molecule has 1 rings (SSSR count). The highest BCUT2D eigenvalue weighted by atomic mass is 19.4. The van der Waals surface area contributed by atoms with E-state index in [1.807, 2.05) is 0 Å². The van der Waals surface area contributed by atoms with Crippen molar-refractivity contribution < 1.29 is 75.3 Å². The Hall–Kier alpha value is -1.17. The van der Waals surface area contributed by atoms with Crippen molar-refractivity contribution in [2.75, 3.05) is 13.1 Å². The summed E-state index contributed by atoms with van der Waals surface area (Å²) in [7, 11) is 0. The van der Waals surface area contributed by atoms with Crippen LogP contribution in [0.25, 0.3) is 0 Å². The Morgan fingerprint density at radius 1 is 0.697 bits per heavy atom. The van der Waals surface area contributed by atoms with Gasteiger partial charge in [0.1, 0.15) is 12.2 Å². The summed E-state index contributed by atoms with van der Waals surface area (Å²) in [5.74, 6) is -10.6. The molecule has 0 radical (unpaired) electrons. The fourth-order valence-electron chi connectivity index (χ4n) is 2.68. The highest BCUT2D eigenvalue weighted by Gasteiger charge is 2.62. The zero-order valence-electron chi connectivity index (χ0n) is 16.3. The largest absolute Gasteiger partial charge is 0.425 e. The van der Waals surface area contributed by atoms with Crippen LogP contribution in [0.1, 0.15) is 13.8 Å². The second-order valence-corrected chi connectivity index (χ2v) is 7.16. The molecule has 1 heterocycles. The Balaban J connectivity index is 3.08. The maximum absolute atomic E-state index is 14.4. The fourth-order valence-corrected chi connectivity index (χ4v) is 2.68. The van der Waals surface area contributed by atoms with Crippen LogP contribution in [-0.2, 0) is 9.47 Å². The van der Waals surface area contributed by atoms with Crippen LogP contribution < -0.4 is 0 Å². The van der Waals surface area contributed by atoms with Gasteiger partial charge in [-0.15, -0.1) is 0 Å². The molecule has 0 bridgehead atoms. The Morgan fingerprint density at radius 3 is 1.39 bits per heavy atom. The van der Waals surface area contributed by atoms with Gasteiger partial charge in [-0.2, -0.15) is 48.3 Å². The summed E-state index contributed by atoms with van der Waals surface area (Å²) >= 11 is 0. The van der Waals surface area contributed by atoms with Gasteiger partial charge < -0.3 is 9.47 Å². The number of nitrogens with zero attached hydrogens (tertiary/aromatic N) is 1. The van der Waals surface area contributed by atoms with Crippen LogP contribution in [0.15, 0.2) is 0 Å². The van der Waals surface area contributed by atoms with Crippen molar-refractivity contribution in [2.45, 2.75) is 81.1 Å². The Bertz CT molecular complexity index is 625. The average molecular weight is 527 g/mol. The topological polar surface area (TPSA) is 21.7 Å². The van der Waals surface area contributed by atoms with Crippen LogP contribution >= 0.6 is 0 Å². The SMILES string of the molecule is CC(OC(C)C(F)(F)C(F)C(F)(F)F)C(F)(F)C(F)N1CC(C(F)(F)F)OC(C(F)(F)F)C1. The molecule has 33 heavy (non-hydrogen) atoms. The molecule has 18 heteroatoms. The lowest BCUT2D eigenvalue weighted by molar-refractivity contribution is -0.325. The van der Waals surface area contributed by atoms with E-state index < -0.39 is 85.2 Å². The molecular formula is C15H16F15NO2. The molecule has 0 aliphatic carbocycles. The Labute approximate surface area is 175 Å². The van der Waals surface area contributed by atoms with E-state index in [0.29, 0.717) is 0 Å². The molecule has 0 aromatic heterocycles. The van der Waals surface area contributed by atoms with Gasteiger partial charge in [0, 0.05) is 13.1 Å². The zero-order chi connectivity index (χ0) is 26.4. The second-order valence-electron chi connectivity index (χ2n) is 7.16. The molecule has 0 aromatic rings. The lowest BCUT2D eigenvalue weighted by Gasteiger charge is -2.43. The Kier molecular flexibility index (Phi) is 8.57. The molecule has 1 saturated heterocycles. The van der Waals surface area contributed by atoms with Crippen LogP contribution in [-0.4, -0.2) is 85.2 Å². The molecular weight excluding hydrogens is 511 g/mol. The minimum Gasteiger partial charge on any atom is -0.363 e. The minimum absolute atomic E-state index is 0.0340. The minimum atomic E-state index is -6.14. The van der Waals surface area contributed by atoms with Crippen molar-refractivity contribution in [2.24, 2.45) is 0 Å². The lowest BCUT2D eigenvalue weighted by atomic mass is 10.1. The number of halogens is 15. The molecule has 3 nitrogen and oxygen atoms in total. The number of alkyl halides is 15. The lowest BCUT2D eigenvalue weighted by Crippen LogP contribution is -2.63. The summed E-state index contributed by atoms with van der Waals surface area (Å²) in [4.78, 5) is -0.615. The first kappa shape index (κ1) is 29.9. The summed E-state index contributed by atoms with van der Waals surface area (Å²) in [6, 6.07) is 0. The van der Waals surface area contributed by atoms with Crippen LogP contribution in [0.4, 0.5) is 65.9 Å². The number of rotatable bonds is 7. The van der Waals surface area contributed by atoms with Gasteiger partial charge in [-0.25, -0.2) is 17.6 Å².